The van der Waals surface area contributed by atoms with Crippen LogP contribution in [0, 0.1) is 0 Å². The van der Waals surface area contributed by atoms with E-state index in [1.807, 2.05) is 0 Å². The van der Waals surface area contributed by atoms with Gasteiger partial charge in [-0.05, 0) is 49.6 Å². The Balaban J connectivity index is 1.58. The molecule has 11 heteroatoms. The molecule has 2 heterocycles. The lowest BCUT2D eigenvalue weighted by molar-refractivity contribution is -0.260. The standard InChI is InChI=1S/C25H22Cl3F4NO3/c1-22(2,3)36-21(34)20-23(29,12-33-20)15-6-4-13(5-7-15)14-10-24(35-11-14,25(30,31)32)16-8-17(26)19(28)18(27)9-16/h4-9,11,20,33H,10,12H2,1-3H3. The molecular weight excluding hydrogens is 545 g/mol. The van der Waals surface area contributed by atoms with Crippen LogP contribution in [0.4, 0.5) is 17.6 Å². The third kappa shape index (κ3) is 4.69. The predicted molar refractivity (Wildman–Crippen MR) is 130 cm³/mol. The van der Waals surface area contributed by atoms with Gasteiger partial charge in [-0.1, -0.05) is 59.1 Å². The highest BCUT2D eigenvalue weighted by atomic mass is 35.5. The van der Waals surface area contributed by atoms with E-state index in [9.17, 15) is 18.0 Å². The van der Waals surface area contributed by atoms with Crippen LogP contribution in [0.3, 0.4) is 0 Å². The number of hydrogen-bond acceptors (Lipinski definition) is 4. The summed E-state index contributed by atoms with van der Waals surface area (Å²) in [7, 11) is 0. The highest BCUT2D eigenvalue weighted by molar-refractivity contribution is 6.48. The monoisotopic (exact) mass is 565 g/mol. The van der Waals surface area contributed by atoms with Gasteiger partial charge in [0.2, 0.25) is 5.60 Å². The molecule has 0 aliphatic carbocycles. The van der Waals surface area contributed by atoms with Crippen molar-refractivity contribution in [3.05, 3.63) is 74.4 Å². The fourth-order valence-electron chi connectivity index (χ4n) is 4.23. The normalized spacial score (nSPS) is 26.2. The van der Waals surface area contributed by atoms with Crippen LogP contribution in [-0.2, 0) is 25.5 Å². The lowest BCUT2D eigenvalue weighted by atomic mass is 9.80. The SMILES string of the molecule is CC(C)(C)OC(=O)C1NCC1(F)c1ccc(C2=COC(c3cc(Cl)c(Cl)c(Cl)c3)(C(F)(F)F)C2)cc1. The van der Waals surface area contributed by atoms with E-state index in [1.165, 1.54) is 24.3 Å². The van der Waals surface area contributed by atoms with Gasteiger partial charge in [-0.25, -0.2) is 4.39 Å². The summed E-state index contributed by atoms with van der Waals surface area (Å²) in [5, 5.41) is 2.42. The van der Waals surface area contributed by atoms with Crippen molar-refractivity contribution in [2.75, 3.05) is 6.54 Å². The van der Waals surface area contributed by atoms with Gasteiger partial charge in [-0.15, -0.1) is 0 Å². The molecule has 2 aliphatic heterocycles. The number of ether oxygens (including phenoxy) is 2. The molecule has 4 rings (SSSR count). The average molecular weight is 567 g/mol. The Labute approximate surface area is 220 Å². The van der Waals surface area contributed by atoms with Crippen LogP contribution < -0.4 is 5.32 Å². The molecule has 194 valence electrons. The molecule has 0 bridgehead atoms. The number of nitrogens with one attached hydrogen (secondary N) is 1. The van der Waals surface area contributed by atoms with E-state index in [0.29, 0.717) is 5.56 Å². The molecule has 2 aromatic rings. The Morgan fingerprint density at radius 3 is 2.11 bits per heavy atom. The van der Waals surface area contributed by atoms with Gasteiger partial charge in [0, 0.05) is 18.5 Å². The van der Waals surface area contributed by atoms with E-state index >= 15 is 4.39 Å². The number of halogens is 7. The molecule has 1 saturated heterocycles. The first kappa shape index (κ1) is 27.0. The summed E-state index contributed by atoms with van der Waals surface area (Å²) in [5.41, 5.74) is -4.95. The second-order valence-corrected chi connectivity index (χ2v) is 11.0. The quantitative estimate of drug-likeness (QED) is 0.239. The Morgan fingerprint density at radius 1 is 1.06 bits per heavy atom. The molecule has 4 nitrogen and oxygen atoms in total. The minimum Gasteiger partial charge on any atom is -0.480 e. The Kier molecular flexibility index (Phi) is 6.82. The van der Waals surface area contributed by atoms with E-state index in [0.717, 1.165) is 18.4 Å². The van der Waals surface area contributed by atoms with Crippen molar-refractivity contribution < 1.29 is 31.8 Å². The number of esters is 1. The predicted octanol–water partition coefficient (Wildman–Crippen LogP) is 7.34. The maximum absolute atomic E-state index is 15.7. The van der Waals surface area contributed by atoms with Gasteiger partial charge in [0.15, 0.2) is 5.67 Å². The summed E-state index contributed by atoms with van der Waals surface area (Å²) in [6.07, 6.45) is -4.35. The fourth-order valence-corrected chi connectivity index (χ4v) is 4.82. The van der Waals surface area contributed by atoms with Crippen LogP contribution in [0.2, 0.25) is 15.1 Å². The highest BCUT2D eigenvalue weighted by Gasteiger charge is 2.61. The van der Waals surface area contributed by atoms with E-state index in [4.69, 9.17) is 44.3 Å². The van der Waals surface area contributed by atoms with Gasteiger partial charge >= 0.3 is 12.1 Å². The van der Waals surface area contributed by atoms with Gasteiger partial charge < -0.3 is 9.47 Å². The Morgan fingerprint density at radius 2 is 1.64 bits per heavy atom. The zero-order chi connectivity index (χ0) is 26.7. The molecule has 1 N–H and O–H groups in total. The highest BCUT2D eigenvalue weighted by Crippen LogP contribution is 2.53. The van der Waals surface area contributed by atoms with Crippen molar-refractivity contribution in [2.24, 2.45) is 0 Å². The Hall–Kier alpha value is -2.00. The molecule has 0 aromatic heterocycles. The molecule has 0 spiro atoms. The van der Waals surface area contributed by atoms with Gasteiger partial charge in [0.05, 0.1) is 21.3 Å². The van der Waals surface area contributed by atoms with Crippen molar-refractivity contribution in [1.29, 1.82) is 0 Å². The zero-order valence-corrected chi connectivity index (χ0v) is 21.7. The maximum Gasteiger partial charge on any atom is 0.432 e. The zero-order valence-electron chi connectivity index (χ0n) is 19.4. The van der Waals surface area contributed by atoms with Crippen LogP contribution in [0.5, 0.6) is 0 Å². The van der Waals surface area contributed by atoms with Crippen LogP contribution >= 0.6 is 34.8 Å². The molecule has 3 unspecified atom stereocenters. The van der Waals surface area contributed by atoms with Crippen molar-refractivity contribution in [3.63, 3.8) is 0 Å². The van der Waals surface area contributed by atoms with E-state index < -0.39 is 41.5 Å². The van der Waals surface area contributed by atoms with Crippen molar-refractivity contribution in [2.45, 2.75) is 56.3 Å². The van der Waals surface area contributed by atoms with Gasteiger partial charge in [0.1, 0.15) is 11.6 Å². The minimum absolute atomic E-state index is 0.0588. The molecule has 0 saturated carbocycles. The molecule has 0 amide bonds. The summed E-state index contributed by atoms with van der Waals surface area (Å²) < 4.78 is 69.0. The second-order valence-electron chi connectivity index (χ2n) is 9.80. The first-order valence-corrected chi connectivity index (χ1v) is 12.1. The molecule has 0 radical (unpaired) electrons. The third-order valence-corrected chi connectivity index (χ3v) is 7.35. The second kappa shape index (κ2) is 9.08. The smallest absolute Gasteiger partial charge is 0.432 e. The van der Waals surface area contributed by atoms with Crippen LogP contribution in [0.25, 0.3) is 5.57 Å². The van der Waals surface area contributed by atoms with Crippen LogP contribution in [0.15, 0.2) is 42.7 Å². The number of carbonyl (C=O) groups is 1. The van der Waals surface area contributed by atoms with Crippen LogP contribution in [-0.4, -0.2) is 30.3 Å². The lowest BCUT2D eigenvalue weighted by Gasteiger charge is -2.43. The summed E-state index contributed by atoms with van der Waals surface area (Å²) in [6.45, 7) is 4.95. The van der Waals surface area contributed by atoms with E-state index in [1.54, 1.807) is 20.8 Å². The van der Waals surface area contributed by atoms with Crippen molar-refractivity contribution >= 4 is 46.3 Å². The first-order chi connectivity index (χ1) is 16.6. The van der Waals surface area contributed by atoms with E-state index in [2.05, 4.69) is 5.32 Å². The number of rotatable bonds is 4. The Bertz CT molecular complexity index is 1200. The minimum atomic E-state index is -4.81. The summed E-state index contributed by atoms with van der Waals surface area (Å²) in [5.74, 6) is -0.720. The van der Waals surface area contributed by atoms with Crippen LogP contribution in [0.1, 0.15) is 43.9 Å². The molecule has 2 aromatic carbocycles. The summed E-state index contributed by atoms with van der Waals surface area (Å²) in [6, 6.07) is 6.84. The number of carbonyl (C=O) groups excluding carboxylic acids is 1. The first-order valence-electron chi connectivity index (χ1n) is 10.9. The fraction of sp³-hybridized carbons (Fsp3) is 0.400. The number of hydrogen-bond donors (Lipinski definition) is 1. The third-order valence-electron chi connectivity index (χ3n) is 6.15. The van der Waals surface area contributed by atoms with E-state index in [-0.39, 0.29) is 38.3 Å². The van der Waals surface area contributed by atoms with Crippen molar-refractivity contribution in [1.82, 2.24) is 5.32 Å². The van der Waals surface area contributed by atoms with Gasteiger partial charge in [-0.2, -0.15) is 13.2 Å². The lowest BCUT2D eigenvalue weighted by Crippen LogP contribution is -2.67. The van der Waals surface area contributed by atoms with Gasteiger partial charge in [-0.3, -0.25) is 10.1 Å². The topological polar surface area (TPSA) is 47.6 Å². The molecule has 3 atom stereocenters. The maximum atomic E-state index is 15.7. The largest absolute Gasteiger partial charge is 0.480 e. The molecule has 36 heavy (non-hydrogen) atoms. The summed E-state index contributed by atoms with van der Waals surface area (Å²) >= 11 is 17.9. The van der Waals surface area contributed by atoms with Crippen molar-refractivity contribution in [3.8, 4) is 0 Å². The summed E-state index contributed by atoms with van der Waals surface area (Å²) in [4.78, 5) is 12.4. The number of alkyl halides is 4. The average Bonchev–Trinajstić information content (AvgIpc) is 3.21. The molecule has 2 aliphatic rings. The van der Waals surface area contributed by atoms with Gasteiger partial charge in [0.25, 0.3) is 0 Å². The molecular formula is C25H22Cl3F4NO3. The molecule has 1 fully saturated rings. The number of benzene rings is 2.